The molecule has 2 aromatic carbocycles. The van der Waals surface area contributed by atoms with Crippen molar-refractivity contribution in [3.63, 3.8) is 0 Å². The first kappa shape index (κ1) is 14.8. The second-order valence-corrected chi connectivity index (χ2v) is 4.34. The normalized spacial score (nSPS) is 11.1. The van der Waals surface area contributed by atoms with Crippen LogP contribution in [0.2, 0.25) is 0 Å². The molecule has 0 aliphatic heterocycles. The van der Waals surface area contributed by atoms with Gasteiger partial charge in [0, 0.05) is 5.56 Å². The molecule has 0 spiro atoms. The van der Waals surface area contributed by atoms with E-state index >= 15 is 0 Å². The molecule has 106 valence electrons. The summed E-state index contributed by atoms with van der Waals surface area (Å²) in [7, 11) is 0. The maximum atomic E-state index is 11.9. The summed E-state index contributed by atoms with van der Waals surface area (Å²) >= 11 is 0. The van der Waals surface area contributed by atoms with Gasteiger partial charge in [0.25, 0.3) is 0 Å². The van der Waals surface area contributed by atoms with Gasteiger partial charge in [0.15, 0.2) is 5.78 Å². The SMILES string of the molecule is O=C(c1ccccc1)C(O)c1ccccc1.c1ccoc1. The lowest BCUT2D eigenvalue weighted by Gasteiger charge is -2.09. The topological polar surface area (TPSA) is 50.4 Å². The molecule has 3 aromatic rings. The third-order valence-corrected chi connectivity index (χ3v) is 2.85. The van der Waals surface area contributed by atoms with Gasteiger partial charge in [-0.15, -0.1) is 0 Å². The quantitative estimate of drug-likeness (QED) is 0.741. The summed E-state index contributed by atoms with van der Waals surface area (Å²) in [5, 5.41) is 9.89. The van der Waals surface area contributed by atoms with E-state index in [1.165, 1.54) is 0 Å². The van der Waals surface area contributed by atoms with E-state index in [-0.39, 0.29) is 5.78 Å². The van der Waals surface area contributed by atoms with Crippen LogP contribution in [0.4, 0.5) is 0 Å². The lowest BCUT2D eigenvalue weighted by atomic mass is 10.0. The lowest BCUT2D eigenvalue weighted by Crippen LogP contribution is -2.11. The highest BCUT2D eigenvalue weighted by atomic mass is 16.3. The number of benzene rings is 2. The first-order valence-electron chi connectivity index (χ1n) is 6.58. The number of aliphatic hydroxyl groups is 1. The average Bonchev–Trinajstić information content (AvgIpc) is 3.15. The number of hydrogen-bond acceptors (Lipinski definition) is 3. The van der Waals surface area contributed by atoms with Crippen LogP contribution < -0.4 is 0 Å². The fourth-order valence-electron chi connectivity index (χ4n) is 1.77. The van der Waals surface area contributed by atoms with Crippen molar-refractivity contribution in [1.29, 1.82) is 0 Å². The van der Waals surface area contributed by atoms with Crippen molar-refractivity contribution in [3.05, 3.63) is 96.4 Å². The highest BCUT2D eigenvalue weighted by molar-refractivity contribution is 5.99. The Kier molecular flexibility index (Phi) is 5.50. The van der Waals surface area contributed by atoms with Gasteiger partial charge in [-0.05, 0) is 17.7 Å². The molecule has 1 aromatic heterocycles. The van der Waals surface area contributed by atoms with E-state index in [4.69, 9.17) is 0 Å². The minimum atomic E-state index is -1.08. The molecule has 0 aliphatic carbocycles. The summed E-state index contributed by atoms with van der Waals surface area (Å²) in [6, 6.07) is 21.4. The van der Waals surface area contributed by atoms with E-state index in [9.17, 15) is 9.90 Å². The zero-order chi connectivity index (χ0) is 14.9. The van der Waals surface area contributed by atoms with Crippen LogP contribution in [0, 0.1) is 0 Å². The number of Topliss-reactive ketones (excluding diaryl/α,β-unsaturated/α-hetero) is 1. The summed E-state index contributed by atoms with van der Waals surface area (Å²) in [6.07, 6.45) is 2.17. The smallest absolute Gasteiger partial charge is 0.195 e. The third-order valence-electron chi connectivity index (χ3n) is 2.85. The van der Waals surface area contributed by atoms with Gasteiger partial charge in [-0.25, -0.2) is 0 Å². The molecular weight excluding hydrogens is 264 g/mol. The van der Waals surface area contributed by atoms with E-state index in [1.54, 1.807) is 61.1 Å². The summed E-state index contributed by atoms with van der Waals surface area (Å²) in [5.41, 5.74) is 1.15. The fraction of sp³-hybridized carbons (Fsp3) is 0.0556. The number of aliphatic hydroxyl groups excluding tert-OH is 1. The van der Waals surface area contributed by atoms with E-state index in [0.29, 0.717) is 11.1 Å². The lowest BCUT2D eigenvalue weighted by molar-refractivity contribution is 0.0747. The molecule has 0 bridgehead atoms. The van der Waals surface area contributed by atoms with Crippen molar-refractivity contribution >= 4 is 5.78 Å². The van der Waals surface area contributed by atoms with Crippen LogP contribution in [0.5, 0.6) is 0 Å². The first-order chi connectivity index (χ1) is 10.3. The van der Waals surface area contributed by atoms with Gasteiger partial charge in [0.2, 0.25) is 0 Å². The van der Waals surface area contributed by atoms with Gasteiger partial charge in [-0.2, -0.15) is 0 Å². The van der Waals surface area contributed by atoms with Crippen LogP contribution >= 0.6 is 0 Å². The molecule has 0 saturated heterocycles. The van der Waals surface area contributed by atoms with E-state index in [0.717, 1.165) is 0 Å². The Morgan fingerprint density at radius 2 is 1.33 bits per heavy atom. The predicted octanol–water partition coefficient (Wildman–Crippen LogP) is 3.88. The summed E-state index contributed by atoms with van der Waals surface area (Å²) in [5.74, 6) is -0.271. The highest BCUT2D eigenvalue weighted by Crippen LogP contribution is 2.17. The molecule has 0 saturated carbocycles. The van der Waals surface area contributed by atoms with Gasteiger partial charge in [0.1, 0.15) is 6.10 Å². The molecule has 0 radical (unpaired) electrons. The van der Waals surface area contributed by atoms with Gasteiger partial charge in [0.05, 0.1) is 12.5 Å². The summed E-state index contributed by atoms with van der Waals surface area (Å²) in [6.45, 7) is 0. The van der Waals surface area contributed by atoms with Crippen LogP contribution in [-0.2, 0) is 0 Å². The standard InChI is InChI=1S/C14H12O2.C4H4O/c15-13(11-7-3-1-4-8-11)14(16)12-9-5-2-6-10-12;1-2-4-5-3-1/h1-10,13,15H;1-4H. The zero-order valence-electron chi connectivity index (χ0n) is 11.4. The summed E-state index contributed by atoms with van der Waals surface area (Å²) < 4.78 is 4.58. The monoisotopic (exact) mass is 280 g/mol. The Morgan fingerprint density at radius 3 is 1.81 bits per heavy atom. The van der Waals surface area contributed by atoms with Crippen LogP contribution in [0.25, 0.3) is 0 Å². The molecule has 3 rings (SSSR count). The number of rotatable bonds is 3. The van der Waals surface area contributed by atoms with Crippen LogP contribution in [-0.4, -0.2) is 10.9 Å². The van der Waals surface area contributed by atoms with Gasteiger partial charge < -0.3 is 9.52 Å². The molecule has 1 unspecified atom stereocenters. The van der Waals surface area contributed by atoms with Gasteiger partial charge >= 0.3 is 0 Å². The van der Waals surface area contributed by atoms with Crippen LogP contribution in [0.1, 0.15) is 22.0 Å². The maximum absolute atomic E-state index is 11.9. The number of furan rings is 1. The molecule has 3 heteroatoms. The van der Waals surface area contributed by atoms with E-state index < -0.39 is 6.10 Å². The number of carbonyl (C=O) groups is 1. The number of carbonyl (C=O) groups excluding carboxylic acids is 1. The van der Waals surface area contributed by atoms with Crippen LogP contribution in [0.3, 0.4) is 0 Å². The molecule has 3 nitrogen and oxygen atoms in total. The highest BCUT2D eigenvalue weighted by Gasteiger charge is 2.18. The van der Waals surface area contributed by atoms with Crippen molar-refractivity contribution < 1.29 is 14.3 Å². The molecule has 1 heterocycles. The average molecular weight is 280 g/mol. The maximum Gasteiger partial charge on any atom is 0.195 e. The second kappa shape index (κ2) is 7.82. The zero-order valence-corrected chi connectivity index (χ0v) is 11.4. The van der Waals surface area contributed by atoms with Crippen LogP contribution in [0.15, 0.2) is 89.7 Å². The van der Waals surface area contributed by atoms with Crippen molar-refractivity contribution in [2.75, 3.05) is 0 Å². The number of ketones is 1. The Labute approximate surface area is 123 Å². The molecule has 0 aliphatic rings. The molecule has 21 heavy (non-hydrogen) atoms. The van der Waals surface area contributed by atoms with Gasteiger partial charge in [-0.1, -0.05) is 60.7 Å². The largest absolute Gasteiger partial charge is 0.473 e. The Balaban J connectivity index is 0.000000272. The molecule has 0 fully saturated rings. The van der Waals surface area contributed by atoms with Crippen molar-refractivity contribution in [2.24, 2.45) is 0 Å². The Bertz CT molecular complexity index is 614. The van der Waals surface area contributed by atoms with Gasteiger partial charge in [-0.3, -0.25) is 4.79 Å². The minimum absolute atomic E-state index is 0.271. The predicted molar refractivity (Wildman–Crippen MR) is 80.9 cm³/mol. The number of hydrogen-bond donors (Lipinski definition) is 1. The van der Waals surface area contributed by atoms with E-state index in [2.05, 4.69) is 4.42 Å². The van der Waals surface area contributed by atoms with Crippen molar-refractivity contribution in [1.82, 2.24) is 0 Å². The first-order valence-corrected chi connectivity index (χ1v) is 6.58. The minimum Gasteiger partial charge on any atom is -0.473 e. The Hall–Kier alpha value is -2.65. The molecule has 1 atom stereocenters. The van der Waals surface area contributed by atoms with Crippen molar-refractivity contribution in [2.45, 2.75) is 6.10 Å². The van der Waals surface area contributed by atoms with Crippen molar-refractivity contribution in [3.8, 4) is 0 Å². The Morgan fingerprint density at radius 1 is 0.810 bits per heavy atom. The molecule has 1 N–H and O–H groups in total. The third kappa shape index (κ3) is 4.44. The summed E-state index contributed by atoms with van der Waals surface area (Å²) in [4.78, 5) is 11.9. The van der Waals surface area contributed by atoms with E-state index in [1.807, 2.05) is 24.3 Å². The molecule has 0 amide bonds. The molecular formula is C18H16O3. The fourth-order valence-corrected chi connectivity index (χ4v) is 1.77. The second-order valence-electron chi connectivity index (χ2n) is 4.34.